The van der Waals surface area contributed by atoms with Crippen LogP contribution in [0, 0.1) is 0 Å². The van der Waals surface area contributed by atoms with Gasteiger partial charge >= 0.3 is 0 Å². The Labute approximate surface area is 210 Å². The lowest BCUT2D eigenvalue weighted by molar-refractivity contribution is 0.0761. The number of aromatic nitrogens is 2. The fourth-order valence-electron chi connectivity index (χ4n) is 4.40. The molecule has 1 aliphatic rings. The number of aromatic amines is 1. The lowest BCUT2D eigenvalue weighted by atomic mass is 10.1. The summed E-state index contributed by atoms with van der Waals surface area (Å²) in [6.45, 7) is 4.31. The van der Waals surface area contributed by atoms with E-state index in [4.69, 9.17) is 4.74 Å². The first kappa shape index (κ1) is 23.5. The number of thioether (sulfide) groups is 1. The number of ether oxygens (including phenoxy) is 1. The second-order valence-corrected chi connectivity index (χ2v) is 9.78. The number of hydrogen-bond acceptors (Lipinski definition) is 5. The number of carbonyl (C=O) groups excluding carboxylic acids is 1. The van der Waals surface area contributed by atoms with Crippen molar-refractivity contribution in [3.8, 4) is 5.75 Å². The molecule has 7 heteroatoms. The van der Waals surface area contributed by atoms with E-state index < -0.39 is 0 Å². The van der Waals surface area contributed by atoms with Crippen molar-refractivity contribution in [2.45, 2.75) is 23.9 Å². The minimum Gasteiger partial charge on any atom is -0.497 e. The fourth-order valence-corrected chi connectivity index (χ4v) is 5.24. The summed E-state index contributed by atoms with van der Waals surface area (Å²) in [5.41, 5.74) is 5.23. The number of nitrogens with one attached hydrogen (secondary N) is 1. The Balaban J connectivity index is 1.14. The lowest BCUT2D eigenvalue weighted by Gasteiger charge is -2.22. The van der Waals surface area contributed by atoms with Crippen molar-refractivity contribution in [3.05, 3.63) is 89.5 Å². The van der Waals surface area contributed by atoms with Crippen LogP contribution in [0.15, 0.2) is 78.0 Å². The highest BCUT2D eigenvalue weighted by atomic mass is 32.2. The summed E-state index contributed by atoms with van der Waals surface area (Å²) in [6.07, 6.45) is 0.980. The molecule has 35 heavy (non-hydrogen) atoms. The van der Waals surface area contributed by atoms with E-state index in [1.165, 1.54) is 11.1 Å². The third kappa shape index (κ3) is 5.86. The normalized spacial score (nSPS) is 14.7. The van der Waals surface area contributed by atoms with Crippen molar-refractivity contribution in [1.29, 1.82) is 0 Å². The summed E-state index contributed by atoms with van der Waals surface area (Å²) >= 11 is 1.67. The van der Waals surface area contributed by atoms with Crippen LogP contribution in [0.4, 0.5) is 0 Å². The number of amides is 1. The third-order valence-electron chi connectivity index (χ3n) is 6.39. The topological polar surface area (TPSA) is 61.5 Å². The van der Waals surface area contributed by atoms with Crippen LogP contribution in [-0.4, -0.2) is 59.0 Å². The van der Waals surface area contributed by atoms with Crippen molar-refractivity contribution < 1.29 is 9.53 Å². The largest absolute Gasteiger partial charge is 0.497 e. The maximum absolute atomic E-state index is 13.2. The van der Waals surface area contributed by atoms with E-state index in [0.717, 1.165) is 72.4 Å². The van der Waals surface area contributed by atoms with Crippen LogP contribution in [0.1, 0.15) is 27.9 Å². The average Bonchev–Trinajstić information content (AvgIpc) is 3.18. The van der Waals surface area contributed by atoms with Gasteiger partial charge in [0.1, 0.15) is 5.75 Å². The predicted molar refractivity (Wildman–Crippen MR) is 141 cm³/mol. The zero-order valence-corrected chi connectivity index (χ0v) is 20.8. The van der Waals surface area contributed by atoms with E-state index >= 15 is 0 Å². The molecule has 1 fully saturated rings. The van der Waals surface area contributed by atoms with Gasteiger partial charge in [-0.25, -0.2) is 4.98 Å². The molecule has 4 aromatic rings. The predicted octanol–water partition coefficient (Wildman–Crippen LogP) is 5.21. The minimum atomic E-state index is 0.118. The van der Waals surface area contributed by atoms with Gasteiger partial charge in [0.15, 0.2) is 5.16 Å². The molecular weight excluding hydrogens is 456 g/mol. The number of H-pyrrole nitrogens is 1. The molecule has 0 aliphatic carbocycles. The van der Waals surface area contributed by atoms with Crippen molar-refractivity contribution in [2.75, 3.05) is 33.3 Å². The lowest BCUT2D eigenvalue weighted by Crippen LogP contribution is -2.35. The molecule has 1 saturated heterocycles. The molecule has 3 aromatic carbocycles. The van der Waals surface area contributed by atoms with E-state index in [-0.39, 0.29) is 5.91 Å². The van der Waals surface area contributed by atoms with Crippen LogP contribution in [0.3, 0.4) is 0 Å². The van der Waals surface area contributed by atoms with Gasteiger partial charge in [-0.3, -0.25) is 9.69 Å². The summed E-state index contributed by atoms with van der Waals surface area (Å²) in [6, 6.07) is 24.3. The minimum absolute atomic E-state index is 0.118. The number of methoxy groups -OCH3 is 1. The van der Waals surface area contributed by atoms with Gasteiger partial charge in [-0.1, -0.05) is 48.2 Å². The van der Waals surface area contributed by atoms with E-state index in [0.29, 0.717) is 0 Å². The van der Waals surface area contributed by atoms with Crippen LogP contribution in [-0.2, 0) is 12.3 Å². The first-order valence-corrected chi connectivity index (χ1v) is 13.0. The van der Waals surface area contributed by atoms with E-state index in [1.807, 2.05) is 53.4 Å². The Morgan fingerprint density at radius 2 is 1.71 bits per heavy atom. The van der Waals surface area contributed by atoms with Gasteiger partial charge in [0.2, 0.25) is 0 Å². The van der Waals surface area contributed by atoms with E-state index in [2.05, 4.69) is 39.1 Å². The van der Waals surface area contributed by atoms with E-state index in [1.54, 1.807) is 18.9 Å². The van der Waals surface area contributed by atoms with E-state index in [9.17, 15) is 4.79 Å². The summed E-state index contributed by atoms with van der Waals surface area (Å²) in [5.74, 6) is 1.80. The molecule has 5 rings (SSSR count). The molecule has 0 atom stereocenters. The highest BCUT2D eigenvalue weighted by Gasteiger charge is 2.20. The summed E-state index contributed by atoms with van der Waals surface area (Å²) in [4.78, 5) is 25.5. The van der Waals surface area contributed by atoms with Gasteiger partial charge in [-0.15, -0.1) is 0 Å². The van der Waals surface area contributed by atoms with Gasteiger partial charge < -0.3 is 14.6 Å². The Kier molecular flexibility index (Phi) is 7.35. The van der Waals surface area contributed by atoms with Crippen molar-refractivity contribution in [3.63, 3.8) is 0 Å². The quantitative estimate of drug-likeness (QED) is 0.363. The molecule has 0 bridgehead atoms. The van der Waals surface area contributed by atoms with Crippen molar-refractivity contribution >= 4 is 28.7 Å². The first-order valence-electron chi connectivity index (χ1n) is 12.0. The molecule has 1 amide bonds. The zero-order valence-electron chi connectivity index (χ0n) is 19.9. The van der Waals surface area contributed by atoms with Crippen LogP contribution in [0.5, 0.6) is 5.75 Å². The fraction of sp³-hybridized carbons (Fsp3) is 0.286. The highest BCUT2D eigenvalue weighted by molar-refractivity contribution is 7.98. The SMILES string of the molecule is COc1ccc(CN2CCCN(C(=O)c3ccc(CSc4nc5ccccc5[nH]4)cc3)CC2)cc1. The monoisotopic (exact) mass is 486 g/mol. The number of imidazole rings is 1. The Morgan fingerprint density at radius 1 is 0.943 bits per heavy atom. The van der Waals surface area contributed by atoms with Gasteiger partial charge in [0, 0.05) is 44.0 Å². The Morgan fingerprint density at radius 3 is 2.49 bits per heavy atom. The second kappa shape index (κ2) is 11.0. The molecule has 0 spiro atoms. The van der Waals surface area contributed by atoms with Crippen molar-refractivity contribution in [2.24, 2.45) is 0 Å². The van der Waals surface area contributed by atoms with Gasteiger partial charge in [0.25, 0.3) is 5.91 Å². The molecule has 180 valence electrons. The zero-order chi connectivity index (χ0) is 24.0. The maximum Gasteiger partial charge on any atom is 0.253 e. The molecule has 0 saturated carbocycles. The molecule has 2 heterocycles. The average molecular weight is 487 g/mol. The maximum atomic E-state index is 13.2. The van der Waals surface area contributed by atoms with Crippen LogP contribution in [0.2, 0.25) is 0 Å². The molecule has 0 unspecified atom stereocenters. The first-order chi connectivity index (χ1) is 17.2. The summed E-state index contributed by atoms with van der Waals surface area (Å²) in [5, 5.41) is 0.912. The number of para-hydroxylation sites is 2. The van der Waals surface area contributed by atoms with Crippen LogP contribution in [0.25, 0.3) is 11.0 Å². The number of carbonyl (C=O) groups is 1. The highest BCUT2D eigenvalue weighted by Crippen LogP contribution is 2.23. The third-order valence-corrected chi connectivity index (χ3v) is 7.33. The summed E-state index contributed by atoms with van der Waals surface area (Å²) < 4.78 is 5.25. The Hall–Kier alpha value is -3.29. The van der Waals surface area contributed by atoms with Gasteiger partial charge in [0.05, 0.1) is 18.1 Å². The number of rotatable bonds is 7. The Bertz CT molecular complexity index is 1240. The van der Waals surface area contributed by atoms with Crippen LogP contribution < -0.4 is 4.74 Å². The number of fused-ring (bicyclic) bond motifs is 1. The standard InChI is InChI=1S/C28H30N4O2S/c1-34-24-13-9-21(10-14-24)19-31-15-4-16-32(18-17-31)27(33)23-11-7-22(8-12-23)20-35-28-29-25-5-2-3-6-26(25)30-28/h2-3,5-14H,4,15-20H2,1H3,(H,29,30). The number of hydrogen-bond donors (Lipinski definition) is 1. The molecule has 6 nitrogen and oxygen atoms in total. The molecule has 1 aliphatic heterocycles. The smallest absolute Gasteiger partial charge is 0.253 e. The van der Waals surface area contributed by atoms with Crippen molar-refractivity contribution in [1.82, 2.24) is 19.8 Å². The number of nitrogens with zero attached hydrogens (tertiary/aromatic N) is 3. The molecule has 1 N–H and O–H groups in total. The van der Waals surface area contributed by atoms with Gasteiger partial charge in [-0.2, -0.15) is 0 Å². The molecular formula is C28H30N4O2S. The molecule has 1 aromatic heterocycles. The van der Waals surface area contributed by atoms with Crippen LogP contribution >= 0.6 is 11.8 Å². The summed E-state index contributed by atoms with van der Waals surface area (Å²) in [7, 11) is 1.68. The molecule has 0 radical (unpaired) electrons. The number of benzene rings is 3. The second-order valence-electron chi connectivity index (χ2n) is 8.81. The van der Waals surface area contributed by atoms with Gasteiger partial charge in [-0.05, 0) is 53.9 Å².